The number of hydrogen-bond acceptors (Lipinski definition) is 4. The second-order valence-corrected chi connectivity index (χ2v) is 8.09. The third-order valence-electron chi connectivity index (χ3n) is 5.97. The molecular formula is C21H33N3O2. The first-order chi connectivity index (χ1) is 12.5. The van der Waals surface area contributed by atoms with Crippen molar-refractivity contribution < 1.29 is 9.53 Å². The van der Waals surface area contributed by atoms with Crippen LogP contribution in [0.2, 0.25) is 0 Å². The Morgan fingerprint density at radius 1 is 1.27 bits per heavy atom. The number of amides is 1. The van der Waals surface area contributed by atoms with E-state index in [4.69, 9.17) is 4.74 Å². The monoisotopic (exact) mass is 359 g/mol. The van der Waals surface area contributed by atoms with E-state index in [1.807, 2.05) is 38.4 Å². The number of nitrogens with zero attached hydrogens (tertiary/aromatic N) is 2. The molecule has 1 amide bonds. The lowest BCUT2D eigenvalue weighted by Crippen LogP contribution is -2.58. The van der Waals surface area contributed by atoms with Crippen molar-refractivity contribution in [3.05, 3.63) is 24.3 Å². The van der Waals surface area contributed by atoms with Gasteiger partial charge in [-0.25, -0.2) is 0 Å². The van der Waals surface area contributed by atoms with E-state index in [0.717, 1.165) is 43.3 Å². The summed E-state index contributed by atoms with van der Waals surface area (Å²) in [7, 11) is 5.37. The molecule has 2 aliphatic rings. The van der Waals surface area contributed by atoms with Crippen molar-refractivity contribution in [3.63, 3.8) is 0 Å². The Morgan fingerprint density at radius 2 is 1.96 bits per heavy atom. The number of nitrogens with one attached hydrogen (secondary N) is 1. The molecule has 2 fully saturated rings. The lowest BCUT2D eigenvalue weighted by atomic mass is 9.85. The van der Waals surface area contributed by atoms with Crippen LogP contribution in [0.1, 0.15) is 38.5 Å². The number of hydrogen-bond donors (Lipinski definition) is 1. The number of ether oxygens (including phenoxy) is 1. The number of piperidine rings is 1. The predicted molar refractivity (Wildman–Crippen MR) is 106 cm³/mol. The normalized spacial score (nSPS) is 20.7. The largest absolute Gasteiger partial charge is 0.497 e. The predicted octanol–water partition coefficient (Wildman–Crippen LogP) is 3.22. The van der Waals surface area contributed by atoms with Gasteiger partial charge in [0.2, 0.25) is 5.91 Å². The molecule has 0 bridgehead atoms. The fourth-order valence-electron chi connectivity index (χ4n) is 4.47. The first-order valence-corrected chi connectivity index (χ1v) is 9.89. The maximum Gasteiger partial charge on any atom is 0.247 e. The summed E-state index contributed by atoms with van der Waals surface area (Å²) in [5.41, 5.74) is 0.422. The molecule has 1 aliphatic heterocycles. The fraction of sp³-hybridized carbons (Fsp3) is 0.667. The maximum absolute atomic E-state index is 13.0. The summed E-state index contributed by atoms with van der Waals surface area (Å²) in [5, 5.41) is 3.57. The summed E-state index contributed by atoms with van der Waals surface area (Å²) in [6, 6.07) is 7.87. The second kappa shape index (κ2) is 8.30. The topological polar surface area (TPSA) is 44.8 Å². The number of rotatable bonds is 6. The number of likely N-dealkylation sites (N-methyl/N-ethyl adjacent to an activating group) is 1. The lowest BCUT2D eigenvalue weighted by molar-refractivity contribution is -0.135. The van der Waals surface area contributed by atoms with Crippen LogP contribution in [0.3, 0.4) is 0 Å². The molecule has 1 aliphatic carbocycles. The van der Waals surface area contributed by atoms with Gasteiger partial charge in [0.05, 0.1) is 7.11 Å². The van der Waals surface area contributed by atoms with Gasteiger partial charge in [0.15, 0.2) is 0 Å². The van der Waals surface area contributed by atoms with Crippen LogP contribution in [0.15, 0.2) is 24.3 Å². The van der Waals surface area contributed by atoms with E-state index in [1.165, 1.54) is 32.2 Å². The van der Waals surface area contributed by atoms with Crippen LogP contribution >= 0.6 is 0 Å². The first kappa shape index (κ1) is 19.0. The number of likely N-dealkylation sites (tertiary alicyclic amines) is 1. The van der Waals surface area contributed by atoms with E-state index in [9.17, 15) is 4.79 Å². The zero-order valence-electron chi connectivity index (χ0n) is 16.5. The van der Waals surface area contributed by atoms with Crippen molar-refractivity contribution >= 4 is 11.6 Å². The minimum absolute atomic E-state index is 0.167. The van der Waals surface area contributed by atoms with E-state index in [1.54, 1.807) is 12.0 Å². The summed E-state index contributed by atoms with van der Waals surface area (Å²) >= 11 is 0. The molecule has 0 spiro atoms. The Bertz CT molecular complexity index is 603. The van der Waals surface area contributed by atoms with E-state index in [-0.39, 0.29) is 5.91 Å². The second-order valence-electron chi connectivity index (χ2n) is 8.09. The molecule has 0 radical (unpaired) electrons. The molecule has 1 saturated carbocycles. The van der Waals surface area contributed by atoms with Gasteiger partial charge in [0.25, 0.3) is 0 Å². The van der Waals surface area contributed by atoms with E-state index >= 15 is 0 Å². The SMILES string of the molecule is COc1cccc(NC2(C(=O)N(C)C)CCN(CC3CCCC3)CC2)c1. The number of anilines is 1. The molecule has 0 aromatic heterocycles. The van der Waals surface area contributed by atoms with Crippen molar-refractivity contribution in [3.8, 4) is 5.75 Å². The standard InChI is InChI=1S/C21H33N3O2/c1-23(2)20(25)21(22-18-9-6-10-19(15-18)26-3)11-13-24(14-12-21)16-17-7-4-5-8-17/h6,9-10,15,17,22H,4-5,7-8,11-14,16H2,1-3H3. The van der Waals surface area contributed by atoms with Gasteiger partial charge >= 0.3 is 0 Å². The maximum atomic E-state index is 13.0. The van der Waals surface area contributed by atoms with Crippen LogP contribution in [0.5, 0.6) is 5.75 Å². The van der Waals surface area contributed by atoms with Gasteiger partial charge in [-0.1, -0.05) is 18.9 Å². The molecule has 1 N–H and O–H groups in total. The van der Waals surface area contributed by atoms with Crippen LogP contribution in [0.4, 0.5) is 5.69 Å². The molecule has 5 nitrogen and oxygen atoms in total. The summed E-state index contributed by atoms with van der Waals surface area (Å²) in [4.78, 5) is 17.3. The first-order valence-electron chi connectivity index (χ1n) is 9.89. The summed E-state index contributed by atoms with van der Waals surface area (Å²) in [5.74, 6) is 1.83. The molecule has 144 valence electrons. The van der Waals surface area contributed by atoms with Crippen LogP contribution in [-0.4, -0.2) is 62.1 Å². The number of methoxy groups -OCH3 is 1. The summed E-state index contributed by atoms with van der Waals surface area (Å²) in [6.07, 6.45) is 7.21. The van der Waals surface area contributed by atoms with E-state index < -0.39 is 5.54 Å². The molecule has 5 heteroatoms. The van der Waals surface area contributed by atoms with Gasteiger partial charge in [-0.3, -0.25) is 4.79 Å². The zero-order chi connectivity index (χ0) is 18.6. The molecule has 3 rings (SSSR count). The molecule has 0 atom stereocenters. The van der Waals surface area contributed by atoms with Gasteiger partial charge in [-0.15, -0.1) is 0 Å². The highest BCUT2D eigenvalue weighted by Crippen LogP contribution is 2.32. The average molecular weight is 360 g/mol. The van der Waals surface area contributed by atoms with E-state index in [2.05, 4.69) is 10.2 Å². The van der Waals surface area contributed by atoms with E-state index in [0.29, 0.717) is 0 Å². The minimum atomic E-state index is -0.526. The number of carbonyl (C=O) groups is 1. The summed E-state index contributed by atoms with van der Waals surface area (Å²) in [6.45, 7) is 3.16. The third-order valence-corrected chi connectivity index (χ3v) is 5.97. The molecule has 0 unspecified atom stereocenters. The van der Waals surface area contributed by atoms with Crippen LogP contribution in [0.25, 0.3) is 0 Å². The zero-order valence-corrected chi connectivity index (χ0v) is 16.5. The van der Waals surface area contributed by atoms with Gasteiger partial charge < -0.3 is 19.9 Å². The lowest BCUT2D eigenvalue weighted by Gasteiger charge is -2.43. The molecule has 26 heavy (non-hydrogen) atoms. The highest BCUT2D eigenvalue weighted by Gasteiger charge is 2.42. The molecular weight excluding hydrogens is 326 g/mol. The van der Waals surface area contributed by atoms with Crippen molar-refractivity contribution in [2.75, 3.05) is 46.2 Å². The van der Waals surface area contributed by atoms with Gasteiger partial charge in [0.1, 0.15) is 11.3 Å². The molecule has 1 aromatic carbocycles. The van der Waals surface area contributed by atoms with Crippen molar-refractivity contribution in [1.29, 1.82) is 0 Å². The van der Waals surface area contributed by atoms with Crippen LogP contribution in [0, 0.1) is 5.92 Å². The quantitative estimate of drug-likeness (QED) is 0.847. The molecule has 1 heterocycles. The average Bonchev–Trinajstić information content (AvgIpc) is 3.16. The molecule has 1 saturated heterocycles. The Labute approximate surface area is 157 Å². The van der Waals surface area contributed by atoms with Crippen molar-refractivity contribution in [1.82, 2.24) is 9.80 Å². The Balaban J connectivity index is 1.70. The van der Waals surface area contributed by atoms with Gasteiger partial charge in [-0.2, -0.15) is 0 Å². The number of carbonyl (C=O) groups excluding carboxylic acids is 1. The Kier molecular flexibility index (Phi) is 6.07. The van der Waals surface area contributed by atoms with Gasteiger partial charge in [0, 0.05) is 45.5 Å². The highest BCUT2D eigenvalue weighted by atomic mass is 16.5. The number of benzene rings is 1. The van der Waals surface area contributed by atoms with Crippen LogP contribution in [-0.2, 0) is 4.79 Å². The van der Waals surface area contributed by atoms with Gasteiger partial charge in [-0.05, 0) is 43.7 Å². The Hall–Kier alpha value is -1.75. The van der Waals surface area contributed by atoms with Crippen LogP contribution < -0.4 is 10.1 Å². The van der Waals surface area contributed by atoms with Crippen molar-refractivity contribution in [2.45, 2.75) is 44.1 Å². The molecule has 1 aromatic rings. The fourth-order valence-corrected chi connectivity index (χ4v) is 4.47. The third kappa shape index (κ3) is 4.32. The smallest absolute Gasteiger partial charge is 0.247 e. The summed E-state index contributed by atoms with van der Waals surface area (Å²) < 4.78 is 5.33. The highest BCUT2D eigenvalue weighted by molar-refractivity contribution is 5.89. The Morgan fingerprint density at radius 3 is 2.58 bits per heavy atom. The van der Waals surface area contributed by atoms with Crippen molar-refractivity contribution in [2.24, 2.45) is 5.92 Å². The minimum Gasteiger partial charge on any atom is -0.497 e.